The van der Waals surface area contributed by atoms with Crippen molar-refractivity contribution in [1.29, 1.82) is 0 Å². The van der Waals surface area contributed by atoms with Gasteiger partial charge >= 0.3 is 0 Å². The van der Waals surface area contributed by atoms with Crippen molar-refractivity contribution >= 4 is 5.91 Å². The first-order valence-electron chi connectivity index (χ1n) is 12.2. The van der Waals surface area contributed by atoms with E-state index in [0.717, 1.165) is 24.8 Å². The van der Waals surface area contributed by atoms with Crippen molar-refractivity contribution in [1.82, 2.24) is 4.90 Å². The standard InChI is InChI=1S/C27H37NO5/c1-19-3-2-4-20(13-19)15-23(29)5-6-24-25-16-21(14-22(25)17-26(24)30)7-10-33-18-27(31)28-8-11-32-12-9-28/h2-6,13-14,22-26,29-30H,7-12,15-18H2,1H3/b6-5+/t22-,23-,24+,25-,26+/m0/s1. The number of aliphatic hydroxyl groups is 2. The number of hydrogen-bond donors (Lipinski definition) is 2. The lowest BCUT2D eigenvalue weighted by Crippen LogP contribution is -2.42. The average molecular weight is 456 g/mol. The minimum Gasteiger partial charge on any atom is -0.392 e. The quantitative estimate of drug-likeness (QED) is 0.442. The van der Waals surface area contributed by atoms with Gasteiger partial charge in [-0.1, -0.05) is 53.6 Å². The van der Waals surface area contributed by atoms with E-state index in [1.54, 1.807) is 4.90 Å². The normalized spacial score (nSPS) is 28.2. The number of aliphatic hydroxyl groups excluding tert-OH is 2. The van der Waals surface area contributed by atoms with Crippen molar-refractivity contribution in [3.8, 4) is 0 Å². The molecule has 0 spiro atoms. The highest BCUT2D eigenvalue weighted by molar-refractivity contribution is 5.77. The Bertz CT molecular complexity index is 860. The van der Waals surface area contributed by atoms with Crippen LogP contribution in [0, 0.1) is 24.7 Å². The van der Waals surface area contributed by atoms with Crippen molar-refractivity contribution < 1.29 is 24.5 Å². The maximum Gasteiger partial charge on any atom is 0.248 e. The van der Waals surface area contributed by atoms with Gasteiger partial charge in [0.15, 0.2) is 0 Å². The zero-order chi connectivity index (χ0) is 23.2. The van der Waals surface area contributed by atoms with Gasteiger partial charge in [0, 0.05) is 25.4 Å². The molecule has 5 atom stereocenters. The number of carbonyl (C=O) groups excluding carboxylic acids is 1. The summed E-state index contributed by atoms with van der Waals surface area (Å²) in [5.74, 6) is 0.869. The second kappa shape index (κ2) is 11.4. The highest BCUT2D eigenvalue weighted by Crippen LogP contribution is 2.47. The van der Waals surface area contributed by atoms with E-state index in [1.807, 2.05) is 24.3 Å². The molecule has 2 fully saturated rings. The Morgan fingerprint density at radius 1 is 1.33 bits per heavy atom. The van der Waals surface area contributed by atoms with Crippen LogP contribution in [0.4, 0.5) is 0 Å². The van der Waals surface area contributed by atoms with E-state index in [2.05, 4.69) is 25.1 Å². The molecule has 1 saturated carbocycles. The van der Waals surface area contributed by atoms with Gasteiger partial charge in [0.2, 0.25) is 5.91 Å². The number of allylic oxidation sites excluding steroid dienone is 1. The van der Waals surface area contributed by atoms with E-state index in [0.29, 0.717) is 51.2 Å². The maximum absolute atomic E-state index is 12.2. The summed E-state index contributed by atoms with van der Waals surface area (Å²) in [7, 11) is 0. The molecule has 0 bridgehead atoms. The molecule has 1 amide bonds. The van der Waals surface area contributed by atoms with Crippen molar-refractivity contribution in [3.05, 3.63) is 59.2 Å². The monoisotopic (exact) mass is 455 g/mol. The second-order valence-electron chi connectivity index (χ2n) is 9.68. The summed E-state index contributed by atoms with van der Waals surface area (Å²) in [6.07, 6.45) is 8.41. The lowest BCUT2D eigenvalue weighted by Gasteiger charge is -2.26. The molecule has 1 aromatic carbocycles. The predicted octanol–water partition coefficient (Wildman–Crippen LogP) is 2.66. The number of nitrogens with zero attached hydrogens (tertiary/aromatic N) is 1. The first kappa shape index (κ1) is 24.1. The zero-order valence-corrected chi connectivity index (χ0v) is 19.6. The molecule has 1 aromatic rings. The molecule has 1 saturated heterocycles. The largest absolute Gasteiger partial charge is 0.392 e. The Balaban J connectivity index is 1.21. The molecule has 33 heavy (non-hydrogen) atoms. The van der Waals surface area contributed by atoms with Crippen LogP contribution >= 0.6 is 0 Å². The Morgan fingerprint density at radius 2 is 2.15 bits per heavy atom. The topological polar surface area (TPSA) is 79.2 Å². The first-order chi connectivity index (χ1) is 16.0. The smallest absolute Gasteiger partial charge is 0.248 e. The number of ether oxygens (including phenoxy) is 2. The van der Waals surface area contributed by atoms with Crippen molar-refractivity contribution in [3.63, 3.8) is 0 Å². The Labute approximate surface area is 196 Å². The lowest BCUT2D eigenvalue weighted by molar-refractivity contribution is -0.140. The lowest BCUT2D eigenvalue weighted by atomic mass is 9.88. The van der Waals surface area contributed by atoms with Gasteiger partial charge in [-0.3, -0.25) is 4.79 Å². The number of rotatable bonds is 9. The van der Waals surface area contributed by atoms with Gasteiger partial charge in [0.1, 0.15) is 6.61 Å². The maximum atomic E-state index is 12.2. The van der Waals surface area contributed by atoms with Crippen LogP contribution in [0.2, 0.25) is 0 Å². The second-order valence-corrected chi connectivity index (χ2v) is 9.68. The highest BCUT2D eigenvalue weighted by Gasteiger charge is 2.43. The Morgan fingerprint density at radius 3 is 2.94 bits per heavy atom. The summed E-state index contributed by atoms with van der Waals surface area (Å²) in [6, 6.07) is 8.20. The van der Waals surface area contributed by atoms with Gasteiger partial charge in [-0.25, -0.2) is 0 Å². The fraction of sp³-hybridized carbons (Fsp3) is 0.593. The molecule has 6 nitrogen and oxygen atoms in total. The van der Waals surface area contributed by atoms with Crippen LogP contribution in [0.25, 0.3) is 0 Å². The van der Waals surface area contributed by atoms with Gasteiger partial charge < -0.3 is 24.6 Å². The van der Waals surface area contributed by atoms with Crippen molar-refractivity contribution in [2.75, 3.05) is 39.5 Å². The zero-order valence-electron chi connectivity index (χ0n) is 19.6. The summed E-state index contributed by atoms with van der Waals surface area (Å²) in [5.41, 5.74) is 3.67. The average Bonchev–Trinajstić information content (AvgIpc) is 3.32. The molecule has 0 unspecified atom stereocenters. The molecule has 1 heterocycles. The summed E-state index contributed by atoms with van der Waals surface area (Å²) in [4.78, 5) is 14.0. The number of morpholine rings is 1. The van der Waals surface area contributed by atoms with Gasteiger partial charge in [-0.05, 0) is 43.6 Å². The van der Waals surface area contributed by atoms with Gasteiger partial charge in [-0.2, -0.15) is 0 Å². The van der Waals surface area contributed by atoms with Gasteiger partial charge in [-0.15, -0.1) is 0 Å². The molecule has 0 aromatic heterocycles. The van der Waals surface area contributed by atoms with Crippen LogP contribution in [-0.2, 0) is 20.7 Å². The minimum atomic E-state index is -0.552. The Hall–Kier alpha value is -1.99. The Kier molecular flexibility index (Phi) is 8.36. The fourth-order valence-corrected chi connectivity index (χ4v) is 5.46. The van der Waals surface area contributed by atoms with Crippen molar-refractivity contribution in [2.45, 2.75) is 44.8 Å². The van der Waals surface area contributed by atoms with Gasteiger partial charge in [0.05, 0.1) is 32.0 Å². The first-order valence-corrected chi connectivity index (χ1v) is 12.2. The van der Waals surface area contributed by atoms with Crippen LogP contribution in [0.15, 0.2) is 48.1 Å². The molecule has 2 aliphatic carbocycles. The minimum absolute atomic E-state index is 0.0353. The number of benzene rings is 1. The third-order valence-corrected chi connectivity index (χ3v) is 7.19. The van der Waals surface area contributed by atoms with Crippen LogP contribution in [-0.4, -0.2) is 72.7 Å². The fourth-order valence-electron chi connectivity index (χ4n) is 5.46. The van der Waals surface area contributed by atoms with E-state index in [9.17, 15) is 15.0 Å². The molecule has 4 rings (SSSR count). The molecule has 2 N–H and O–H groups in total. The van der Waals surface area contributed by atoms with Crippen LogP contribution in [0.5, 0.6) is 0 Å². The van der Waals surface area contributed by atoms with Crippen LogP contribution in [0.3, 0.4) is 0 Å². The summed E-state index contributed by atoms with van der Waals surface area (Å²) >= 11 is 0. The van der Waals surface area contributed by atoms with E-state index in [4.69, 9.17) is 9.47 Å². The van der Waals surface area contributed by atoms with Crippen LogP contribution < -0.4 is 0 Å². The number of carbonyl (C=O) groups is 1. The molecular formula is C27H37NO5. The summed E-state index contributed by atoms with van der Waals surface area (Å²) < 4.78 is 10.9. The number of aryl methyl sites for hydroxylation is 1. The SMILES string of the molecule is Cc1cccc(C[C@@H](O)/C=C/[C@@H]2[C@H]3CC(CCOCC(=O)N4CCOCC4)=C[C@H]3C[C@H]2O)c1. The molecule has 3 aliphatic rings. The third-order valence-electron chi connectivity index (χ3n) is 7.19. The van der Waals surface area contributed by atoms with E-state index >= 15 is 0 Å². The molecule has 6 heteroatoms. The van der Waals surface area contributed by atoms with E-state index in [-0.39, 0.29) is 24.5 Å². The summed E-state index contributed by atoms with van der Waals surface area (Å²) in [6.45, 7) is 5.22. The van der Waals surface area contributed by atoms with E-state index in [1.165, 1.54) is 11.1 Å². The van der Waals surface area contributed by atoms with Gasteiger partial charge in [0.25, 0.3) is 0 Å². The number of hydrogen-bond acceptors (Lipinski definition) is 5. The van der Waals surface area contributed by atoms with Crippen LogP contribution in [0.1, 0.15) is 30.4 Å². The van der Waals surface area contributed by atoms with E-state index < -0.39 is 6.10 Å². The molecule has 0 radical (unpaired) electrons. The molecular weight excluding hydrogens is 418 g/mol. The van der Waals surface area contributed by atoms with Crippen molar-refractivity contribution in [2.24, 2.45) is 17.8 Å². The third kappa shape index (κ3) is 6.54. The molecule has 1 aliphatic heterocycles. The number of fused-ring (bicyclic) bond motifs is 1. The predicted molar refractivity (Wildman–Crippen MR) is 127 cm³/mol. The summed E-state index contributed by atoms with van der Waals surface area (Å²) in [5, 5.41) is 21.1. The number of amides is 1. The molecule has 180 valence electrons. The highest BCUT2D eigenvalue weighted by atomic mass is 16.5.